The molecule has 106 valence electrons. The number of thioether (sulfide) groups is 1. The lowest BCUT2D eigenvalue weighted by molar-refractivity contribution is -0.115. The molecule has 1 aliphatic heterocycles. The van der Waals surface area contributed by atoms with Gasteiger partial charge >= 0.3 is 0 Å². The summed E-state index contributed by atoms with van der Waals surface area (Å²) in [6.45, 7) is 0. The van der Waals surface area contributed by atoms with Crippen LogP contribution in [0.15, 0.2) is 55.2 Å². The monoisotopic (exact) mass is 474 g/mol. The third-order valence-corrected chi connectivity index (χ3v) is 4.59. The fourth-order valence-electron chi connectivity index (χ4n) is 1.65. The lowest BCUT2D eigenvalue weighted by Gasteiger charge is -1.96. The van der Waals surface area contributed by atoms with Gasteiger partial charge in [0.1, 0.15) is 5.76 Å². The molecule has 1 aliphatic rings. The molecule has 4 nitrogen and oxygen atoms in total. The Morgan fingerprint density at radius 3 is 2.67 bits per heavy atom. The molecule has 1 amide bonds. The van der Waals surface area contributed by atoms with Gasteiger partial charge in [0, 0.05) is 10.5 Å². The summed E-state index contributed by atoms with van der Waals surface area (Å²) in [5.74, 6) is 0.490. The molecular formula is C14H8BrIN2O2S. The summed E-state index contributed by atoms with van der Waals surface area (Å²) in [5, 5.41) is 3.31. The molecule has 1 saturated heterocycles. The van der Waals surface area contributed by atoms with E-state index in [4.69, 9.17) is 4.42 Å². The molecular weight excluding hydrogens is 467 g/mol. The Kier molecular flexibility index (Phi) is 4.51. The quantitative estimate of drug-likeness (QED) is 0.513. The molecule has 7 heteroatoms. The number of nitrogens with zero attached hydrogens (tertiary/aromatic N) is 1. The van der Waals surface area contributed by atoms with Gasteiger partial charge in [-0.15, -0.1) is 0 Å². The number of carbonyl (C=O) groups is 1. The number of hydrogen-bond acceptors (Lipinski definition) is 4. The Morgan fingerprint density at radius 1 is 1.24 bits per heavy atom. The van der Waals surface area contributed by atoms with E-state index in [9.17, 15) is 4.79 Å². The molecule has 0 bridgehead atoms. The topological polar surface area (TPSA) is 54.6 Å². The van der Waals surface area contributed by atoms with E-state index in [1.165, 1.54) is 11.8 Å². The number of amides is 1. The largest absolute Gasteiger partial charge is 0.451 e. The molecule has 0 saturated carbocycles. The first-order chi connectivity index (χ1) is 10.1. The van der Waals surface area contributed by atoms with Crippen LogP contribution in [-0.2, 0) is 4.79 Å². The second-order valence-corrected chi connectivity index (χ2v) is 7.11. The van der Waals surface area contributed by atoms with Crippen LogP contribution in [0.5, 0.6) is 0 Å². The first-order valence-corrected chi connectivity index (χ1v) is 8.59. The van der Waals surface area contributed by atoms with Crippen LogP contribution in [-0.4, -0.2) is 11.1 Å². The molecule has 1 N–H and O–H groups in total. The normalized spacial score (nSPS) is 18.5. The lowest BCUT2D eigenvalue weighted by atomic mass is 10.3. The lowest BCUT2D eigenvalue weighted by Crippen LogP contribution is -2.19. The van der Waals surface area contributed by atoms with E-state index in [-0.39, 0.29) is 5.91 Å². The van der Waals surface area contributed by atoms with Gasteiger partial charge in [0.05, 0.1) is 10.6 Å². The average molecular weight is 475 g/mol. The highest BCUT2D eigenvalue weighted by molar-refractivity contribution is 14.1. The molecule has 1 fully saturated rings. The Balaban J connectivity index is 1.81. The molecule has 1 aromatic heterocycles. The van der Waals surface area contributed by atoms with Gasteiger partial charge in [-0.05, 0) is 70.8 Å². The fourth-order valence-corrected chi connectivity index (χ4v) is 3.17. The summed E-state index contributed by atoms with van der Waals surface area (Å²) in [7, 11) is 0. The zero-order chi connectivity index (χ0) is 14.8. The number of halogens is 2. The third kappa shape index (κ3) is 3.78. The molecule has 2 heterocycles. The second-order valence-electron chi connectivity index (χ2n) is 4.10. The van der Waals surface area contributed by atoms with E-state index in [2.05, 4.69) is 48.8 Å². The number of nitrogens with one attached hydrogen (secondary N) is 1. The van der Waals surface area contributed by atoms with E-state index in [0.717, 1.165) is 13.9 Å². The van der Waals surface area contributed by atoms with Crippen LogP contribution in [0.25, 0.3) is 6.08 Å². The van der Waals surface area contributed by atoms with Crippen LogP contribution in [0.2, 0.25) is 0 Å². The number of benzene rings is 1. The number of amidine groups is 1. The van der Waals surface area contributed by atoms with Gasteiger partial charge in [-0.25, -0.2) is 4.99 Å². The summed E-state index contributed by atoms with van der Waals surface area (Å²) in [5.41, 5.74) is 0.787. The van der Waals surface area contributed by atoms with Gasteiger partial charge in [-0.1, -0.05) is 15.9 Å². The van der Waals surface area contributed by atoms with E-state index in [0.29, 0.717) is 15.8 Å². The average Bonchev–Trinajstić information content (AvgIpc) is 3.00. The summed E-state index contributed by atoms with van der Waals surface area (Å²) < 4.78 is 7.20. The standard InChI is InChI=1S/C14H8BrIN2O2S/c15-8-1-3-9(4-2-8)17-14-18-13(19)11(21-14)7-10-5-6-12(16)20-10/h1-7H,(H,17,18,19)/b11-7-. The molecule has 0 spiro atoms. The maximum Gasteiger partial charge on any atom is 0.264 e. The summed E-state index contributed by atoms with van der Waals surface area (Å²) in [4.78, 5) is 16.9. The number of furan rings is 1. The van der Waals surface area contributed by atoms with Crippen LogP contribution in [0.3, 0.4) is 0 Å². The van der Waals surface area contributed by atoms with E-state index >= 15 is 0 Å². The van der Waals surface area contributed by atoms with Crippen molar-refractivity contribution in [3.8, 4) is 0 Å². The van der Waals surface area contributed by atoms with Crippen molar-refractivity contribution in [2.24, 2.45) is 4.99 Å². The zero-order valence-corrected chi connectivity index (χ0v) is 15.0. The van der Waals surface area contributed by atoms with Gasteiger partial charge in [0.25, 0.3) is 5.91 Å². The summed E-state index contributed by atoms with van der Waals surface area (Å²) in [6, 6.07) is 11.2. The molecule has 0 unspecified atom stereocenters. The first kappa shape index (κ1) is 14.9. The Labute approximate surface area is 147 Å². The Morgan fingerprint density at radius 2 is 2.00 bits per heavy atom. The summed E-state index contributed by atoms with van der Waals surface area (Å²) in [6.07, 6.45) is 1.71. The van der Waals surface area contributed by atoms with E-state index in [1.54, 1.807) is 6.08 Å². The van der Waals surface area contributed by atoms with Crippen molar-refractivity contribution in [2.75, 3.05) is 0 Å². The predicted octanol–water partition coefficient (Wildman–Crippen LogP) is 4.54. The van der Waals surface area contributed by atoms with Crippen LogP contribution >= 0.6 is 50.3 Å². The van der Waals surface area contributed by atoms with E-state index in [1.807, 2.05) is 36.4 Å². The molecule has 0 radical (unpaired) electrons. The van der Waals surface area contributed by atoms with Crippen molar-refractivity contribution in [1.82, 2.24) is 5.32 Å². The first-order valence-electron chi connectivity index (χ1n) is 5.91. The van der Waals surface area contributed by atoms with Crippen molar-refractivity contribution in [1.29, 1.82) is 0 Å². The molecule has 0 aliphatic carbocycles. The highest BCUT2D eigenvalue weighted by Gasteiger charge is 2.24. The van der Waals surface area contributed by atoms with Gasteiger partial charge in [0.15, 0.2) is 8.93 Å². The van der Waals surface area contributed by atoms with Crippen LogP contribution in [0, 0.1) is 3.77 Å². The van der Waals surface area contributed by atoms with Gasteiger partial charge in [-0.2, -0.15) is 0 Å². The minimum Gasteiger partial charge on any atom is -0.451 e. The third-order valence-electron chi connectivity index (χ3n) is 2.58. The zero-order valence-electron chi connectivity index (χ0n) is 10.5. The van der Waals surface area contributed by atoms with Crippen molar-refractivity contribution in [2.45, 2.75) is 0 Å². The SMILES string of the molecule is O=C1NC(=Nc2ccc(Br)cc2)S/C1=C\c1ccc(I)o1. The smallest absolute Gasteiger partial charge is 0.264 e. The highest BCUT2D eigenvalue weighted by Crippen LogP contribution is 2.28. The molecule has 21 heavy (non-hydrogen) atoms. The number of carbonyl (C=O) groups excluding carboxylic acids is 1. The minimum atomic E-state index is -0.165. The van der Waals surface area contributed by atoms with Crippen molar-refractivity contribution in [3.05, 3.63) is 55.3 Å². The second kappa shape index (κ2) is 6.37. The number of aliphatic imine (C=N–C) groups is 1. The van der Waals surface area contributed by atoms with Crippen molar-refractivity contribution < 1.29 is 9.21 Å². The van der Waals surface area contributed by atoms with Crippen molar-refractivity contribution in [3.63, 3.8) is 0 Å². The van der Waals surface area contributed by atoms with Crippen LogP contribution in [0.1, 0.15) is 5.76 Å². The number of hydrogen-bond donors (Lipinski definition) is 1. The molecule has 2 aromatic rings. The molecule has 3 rings (SSSR count). The Hall–Kier alpha value is -1.06. The van der Waals surface area contributed by atoms with E-state index < -0.39 is 0 Å². The fraction of sp³-hybridized carbons (Fsp3) is 0. The van der Waals surface area contributed by atoms with Crippen LogP contribution < -0.4 is 5.32 Å². The maximum atomic E-state index is 11.9. The van der Waals surface area contributed by atoms with Gasteiger partial charge in [0.2, 0.25) is 0 Å². The van der Waals surface area contributed by atoms with Gasteiger partial charge < -0.3 is 9.73 Å². The predicted molar refractivity (Wildman–Crippen MR) is 96.4 cm³/mol. The molecule has 1 aromatic carbocycles. The maximum absolute atomic E-state index is 11.9. The minimum absolute atomic E-state index is 0.165. The molecule has 0 atom stereocenters. The summed E-state index contributed by atoms with van der Waals surface area (Å²) >= 11 is 6.75. The van der Waals surface area contributed by atoms with Crippen molar-refractivity contribution >= 4 is 73.1 Å². The highest BCUT2D eigenvalue weighted by atomic mass is 127. The Bertz CT molecular complexity index is 753. The number of rotatable bonds is 2. The van der Waals surface area contributed by atoms with Crippen LogP contribution in [0.4, 0.5) is 5.69 Å². The van der Waals surface area contributed by atoms with Gasteiger partial charge in [-0.3, -0.25) is 4.79 Å².